The minimum atomic E-state index is -3.60. The van der Waals surface area contributed by atoms with Crippen LogP contribution in [0, 0.1) is 6.92 Å². The van der Waals surface area contributed by atoms with Crippen LogP contribution in [0.3, 0.4) is 0 Å². The van der Waals surface area contributed by atoms with Gasteiger partial charge in [0.05, 0.1) is 23.6 Å². The molecule has 0 heterocycles. The molecule has 0 aliphatic carbocycles. The van der Waals surface area contributed by atoms with Gasteiger partial charge in [0.2, 0.25) is 10.0 Å². The normalized spacial score (nSPS) is 11.1. The van der Waals surface area contributed by atoms with Crippen LogP contribution in [0.4, 0.5) is 5.69 Å². The molecule has 2 aromatic rings. The summed E-state index contributed by atoms with van der Waals surface area (Å²) in [6, 6.07) is 11.4. The molecular weight excluding hydrogens is 350 g/mol. The van der Waals surface area contributed by atoms with E-state index in [0.29, 0.717) is 27.4 Å². The van der Waals surface area contributed by atoms with Gasteiger partial charge in [-0.2, -0.15) is 0 Å². The summed E-state index contributed by atoms with van der Waals surface area (Å²) >= 11 is 5.87. The van der Waals surface area contributed by atoms with Crippen molar-refractivity contribution in [3.8, 4) is 0 Å². The molecule has 0 spiro atoms. The summed E-state index contributed by atoms with van der Waals surface area (Å²) in [7, 11) is -3.60. The Kier molecular flexibility index (Phi) is 5.85. The first kappa shape index (κ1) is 18.3. The molecule has 0 fully saturated rings. The largest absolute Gasteiger partial charge is 0.462 e. The predicted octanol–water partition coefficient (Wildman–Crippen LogP) is 3.77. The Hall–Kier alpha value is -2.05. The third-order valence-corrected chi connectivity index (χ3v) is 4.73. The van der Waals surface area contributed by atoms with Gasteiger partial charge >= 0.3 is 5.97 Å². The van der Waals surface area contributed by atoms with Crippen LogP contribution in [0.1, 0.15) is 28.4 Å². The van der Waals surface area contributed by atoms with Gasteiger partial charge in [-0.15, -0.1) is 0 Å². The van der Waals surface area contributed by atoms with E-state index in [2.05, 4.69) is 4.72 Å². The van der Waals surface area contributed by atoms with Crippen molar-refractivity contribution in [1.29, 1.82) is 0 Å². The Balaban J connectivity index is 2.16. The quantitative estimate of drug-likeness (QED) is 0.789. The molecule has 2 aromatic carbocycles. The Labute approximate surface area is 146 Å². The highest BCUT2D eigenvalue weighted by molar-refractivity contribution is 7.91. The van der Waals surface area contributed by atoms with E-state index in [1.165, 1.54) is 6.07 Å². The number of aryl methyl sites for hydroxylation is 1. The summed E-state index contributed by atoms with van der Waals surface area (Å²) in [6.07, 6.45) is 0. The van der Waals surface area contributed by atoms with E-state index < -0.39 is 16.0 Å². The number of rotatable bonds is 6. The van der Waals surface area contributed by atoms with Crippen molar-refractivity contribution < 1.29 is 17.9 Å². The van der Waals surface area contributed by atoms with Crippen LogP contribution in [0.25, 0.3) is 0 Å². The molecule has 7 heteroatoms. The fourth-order valence-electron chi connectivity index (χ4n) is 2.17. The highest BCUT2D eigenvalue weighted by Crippen LogP contribution is 2.20. The van der Waals surface area contributed by atoms with Crippen molar-refractivity contribution >= 4 is 33.3 Å². The molecule has 0 radical (unpaired) electrons. The Morgan fingerprint density at radius 2 is 1.96 bits per heavy atom. The van der Waals surface area contributed by atoms with Crippen molar-refractivity contribution in [2.24, 2.45) is 0 Å². The number of sulfonamides is 1. The SMILES string of the molecule is CCOC(=O)c1ccc(NS(=O)(=O)Cc2cccc(Cl)c2)c(C)c1. The van der Waals surface area contributed by atoms with Crippen LogP contribution in [0.2, 0.25) is 5.02 Å². The first-order chi connectivity index (χ1) is 11.3. The lowest BCUT2D eigenvalue weighted by molar-refractivity contribution is 0.0526. The van der Waals surface area contributed by atoms with Crippen LogP contribution in [-0.2, 0) is 20.5 Å². The maximum atomic E-state index is 12.3. The maximum absolute atomic E-state index is 12.3. The number of hydrogen-bond acceptors (Lipinski definition) is 4. The lowest BCUT2D eigenvalue weighted by Gasteiger charge is -2.12. The first-order valence-corrected chi connectivity index (χ1v) is 9.36. The van der Waals surface area contributed by atoms with Crippen molar-refractivity contribution in [2.75, 3.05) is 11.3 Å². The maximum Gasteiger partial charge on any atom is 0.338 e. The lowest BCUT2D eigenvalue weighted by Crippen LogP contribution is -2.16. The van der Waals surface area contributed by atoms with Crippen molar-refractivity contribution in [3.63, 3.8) is 0 Å². The number of carbonyl (C=O) groups is 1. The van der Waals surface area contributed by atoms with Gasteiger partial charge in [-0.05, 0) is 55.3 Å². The monoisotopic (exact) mass is 367 g/mol. The van der Waals surface area contributed by atoms with Gasteiger partial charge in [-0.1, -0.05) is 23.7 Å². The lowest BCUT2D eigenvalue weighted by atomic mass is 10.1. The minimum absolute atomic E-state index is 0.188. The van der Waals surface area contributed by atoms with Gasteiger partial charge in [0.1, 0.15) is 0 Å². The molecule has 0 saturated heterocycles. The number of anilines is 1. The van der Waals surface area contributed by atoms with Gasteiger partial charge in [0.15, 0.2) is 0 Å². The van der Waals surface area contributed by atoms with E-state index in [4.69, 9.17) is 16.3 Å². The molecule has 24 heavy (non-hydrogen) atoms. The molecule has 0 amide bonds. The molecule has 1 N–H and O–H groups in total. The second kappa shape index (κ2) is 7.68. The molecule has 128 valence electrons. The third kappa shape index (κ3) is 4.97. The van der Waals surface area contributed by atoms with Crippen molar-refractivity contribution in [1.82, 2.24) is 0 Å². The smallest absolute Gasteiger partial charge is 0.338 e. The molecule has 5 nitrogen and oxygen atoms in total. The Morgan fingerprint density at radius 1 is 1.21 bits per heavy atom. The summed E-state index contributed by atoms with van der Waals surface area (Å²) in [4.78, 5) is 11.7. The second-order valence-electron chi connectivity index (χ2n) is 5.24. The van der Waals surface area contributed by atoms with Crippen LogP contribution < -0.4 is 4.72 Å². The number of benzene rings is 2. The second-order valence-corrected chi connectivity index (χ2v) is 7.40. The molecule has 0 aliphatic rings. The number of ether oxygens (including phenoxy) is 1. The Morgan fingerprint density at radius 3 is 2.58 bits per heavy atom. The van der Waals surface area contributed by atoms with Gasteiger partial charge < -0.3 is 4.74 Å². The molecule has 0 aliphatic heterocycles. The van der Waals surface area contributed by atoms with Gasteiger partial charge in [0, 0.05) is 5.02 Å². The third-order valence-electron chi connectivity index (χ3n) is 3.25. The van der Waals surface area contributed by atoms with Gasteiger partial charge in [0.25, 0.3) is 0 Å². The van der Waals surface area contributed by atoms with Gasteiger partial charge in [-0.25, -0.2) is 13.2 Å². The van der Waals surface area contributed by atoms with Crippen LogP contribution in [0.5, 0.6) is 0 Å². The van der Waals surface area contributed by atoms with Crippen LogP contribution >= 0.6 is 11.6 Å². The van der Waals surface area contributed by atoms with Crippen molar-refractivity contribution in [2.45, 2.75) is 19.6 Å². The molecule has 0 saturated carbocycles. The molecular formula is C17H18ClNO4S. The van der Waals surface area contributed by atoms with E-state index in [1.807, 2.05) is 0 Å². The number of nitrogens with one attached hydrogen (secondary N) is 1. The standard InChI is InChI=1S/C17H18ClNO4S/c1-3-23-17(20)14-7-8-16(12(2)9-14)19-24(21,22)11-13-5-4-6-15(18)10-13/h4-10,19H,3,11H2,1-2H3. The number of carbonyl (C=O) groups excluding carboxylic acids is 1. The van der Waals surface area contributed by atoms with Crippen LogP contribution in [0.15, 0.2) is 42.5 Å². The highest BCUT2D eigenvalue weighted by atomic mass is 35.5. The average molecular weight is 368 g/mol. The van der Waals surface area contributed by atoms with E-state index in [9.17, 15) is 13.2 Å². The summed E-state index contributed by atoms with van der Waals surface area (Å²) in [5.74, 6) is -0.624. The van der Waals surface area contributed by atoms with Crippen molar-refractivity contribution in [3.05, 3.63) is 64.2 Å². The summed E-state index contributed by atoms with van der Waals surface area (Å²) in [6.45, 7) is 3.73. The summed E-state index contributed by atoms with van der Waals surface area (Å²) in [5, 5.41) is 0.484. The minimum Gasteiger partial charge on any atom is -0.462 e. The predicted molar refractivity (Wildman–Crippen MR) is 94.8 cm³/mol. The van der Waals surface area contributed by atoms with Crippen LogP contribution in [-0.4, -0.2) is 21.0 Å². The summed E-state index contributed by atoms with van der Waals surface area (Å²) in [5.41, 5.74) is 2.03. The first-order valence-electron chi connectivity index (χ1n) is 7.33. The van der Waals surface area contributed by atoms with E-state index in [-0.39, 0.29) is 12.4 Å². The summed E-state index contributed by atoms with van der Waals surface area (Å²) < 4.78 is 32.1. The zero-order chi connectivity index (χ0) is 17.7. The van der Waals surface area contributed by atoms with Gasteiger partial charge in [-0.3, -0.25) is 4.72 Å². The van der Waals surface area contributed by atoms with E-state index in [1.54, 1.807) is 50.2 Å². The molecule has 0 atom stereocenters. The zero-order valence-corrected chi connectivity index (χ0v) is 14.9. The zero-order valence-electron chi connectivity index (χ0n) is 13.4. The molecule has 0 aromatic heterocycles. The Bertz CT molecular complexity index is 849. The topological polar surface area (TPSA) is 72.5 Å². The number of esters is 1. The highest BCUT2D eigenvalue weighted by Gasteiger charge is 2.15. The average Bonchev–Trinajstić information content (AvgIpc) is 2.49. The number of halogens is 1. The molecule has 0 bridgehead atoms. The fraction of sp³-hybridized carbons (Fsp3) is 0.235. The number of hydrogen-bond donors (Lipinski definition) is 1. The van der Waals surface area contributed by atoms with E-state index in [0.717, 1.165) is 0 Å². The fourth-order valence-corrected chi connectivity index (χ4v) is 3.64. The molecule has 0 unspecified atom stereocenters. The molecule has 2 rings (SSSR count). The van der Waals surface area contributed by atoms with E-state index >= 15 is 0 Å².